The zero-order valence-corrected chi connectivity index (χ0v) is 13.5. The van der Waals surface area contributed by atoms with Crippen LogP contribution in [0.1, 0.15) is 52.9 Å². The predicted octanol–water partition coefficient (Wildman–Crippen LogP) is 3.52. The summed E-state index contributed by atoms with van der Waals surface area (Å²) in [4.78, 5) is 12.4. The summed E-state index contributed by atoms with van der Waals surface area (Å²) < 4.78 is 29.6. The summed E-state index contributed by atoms with van der Waals surface area (Å²) in [6, 6.07) is 0. The molecule has 2 fully saturated rings. The van der Waals surface area contributed by atoms with E-state index in [4.69, 9.17) is 13.8 Å². The van der Waals surface area contributed by atoms with Crippen molar-refractivity contribution in [1.82, 2.24) is 0 Å². The second-order valence-electron chi connectivity index (χ2n) is 5.67. The normalized spacial score (nSPS) is 34.5. The molecule has 3 atom stereocenters. The van der Waals surface area contributed by atoms with E-state index in [2.05, 4.69) is 0 Å². The van der Waals surface area contributed by atoms with Crippen LogP contribution >= 0.6 is 7.60 Å². The van der Waals surface area contributed by atoms with E-state index in [1.807, 2.05) is 0 Å². The third kappa shape index (κ3) is 2.44. The van der Waals surface area contributed by atoms with Gasteiger partial charge in [0.15, 0.2) is 5.16 Å². The van der Waals surface area contributed by atoms with Gasteiger partial charge in [-0.25, -0.2) is 0 Å². The van der Waals surface area contributed by atoms with Crippen LogP contribution in [0, 0.1) is 5.92 Å². The number of fused-ring (bicyclic) bond motifs is 1. The minimum atomic E-state index is -3.52. The Bertz CT molecular complexity index is 400. The second-order valence-corrected chi connectivity index (χ2v) is 8.11. The van der Waals surface area contributed by atoms with Crippen LogP contribution in [0.5, 0.6) is 0 Å². The molecule has 5 nitrogen and oxygen atoms in total. The maximum absolute atomic E-state index is 13.2. The maximum atomic E-state index is 13.2. The molecular weight excluding hydrogens is 279 g/mol. The van der Waals surface area contributed by atoms with E-state index in [-0.39, 0.29) is 25.2 Å². The number of carbonyl (C=O) groups is 1. The molecule has 116 valence electrons. The summed E-state index contributed by atoms with van der Waals surface area (Å²) >= 11 is 0. The SMILES string of the molecule is CCOP(=O)(OCC)[C@]1(C)C(=O)O[C@@H]2CCCCC[C@H]21. The first-order chi connectivity index (χ1) is 9.49. The molecule has 1 aliphatic heterocycles. The Morgan fingerprint density at radius 3 is 2.40 bits per heavy atom. The van der Waals surface area contributed by atoms with Gasteiger partial charge >= 0.3 is 13.6 Å². The topological polar surface area (TPSA) is 61.8 Å². The van der Waals surface area contributed by atoms with Gasteiger partial charge in [-0.15, -0.1) is 0 Å². The van der Waals surface area contributed by atoms with Crippen LogP contribution in [0.15, 0.2) is 0 Å². The van der Waals surface area contributed by atoms with Gasteiger partial charge in [-0.2, -0.15) is 0 Å². The van der Waals surface area contributed by atoms with Gasteiger partial charge in [-0.05, 0) is 40.0 Å². The van der Waals surface area contributed by atoms with Gasteiger partial charge in [-0.1, -0.05) is 12.8 Å². The van der Waals surface area contributed by atoms with Crippen molar-refractivity contribution in [3.05, 3.63) is 0 Å². The first-order valence-electron chi connectivity index (χ1n) is 7.60. The standard InChI is InChI=1S/C14H25O5P/c1-4-17-20(16,18-5-2)14(3)11-9-7-6-8-10-12(11)19-13(14)15/h11-12H,4-10H2,1-3H3/t11-,12-,14+/m1/s1. The number of rotatable bonds is 5. The monoisotopic (exact) mass is 304 g/mol. The van der Waals surface area contributed by atoms with Crippen molar-refractivity contribution in [1.29, 1.82) is 0 Å². The smallest absolute Gasteiger partial charge is 0.348 e. The number of hydrogen-bond acceptors (Lipinski definition) is 5. The van der Waals surface area contributed by atoms with Gasteiger partial charge in [-0.3, -0.25) is 9.36 Å². The molecule has 0 aromatic rings. The third-order valence-corrected chi connectivity index (χ3v) is 7.36. The Morgan fingerprint density at radius 1 is 1.20 bits per heavy atom. The molecule has 2 rings (SSSR count). The van der Waals surface area contributed by atoms with Crippen molar-refractivity contribution in [3.8, 4) is 0 Å². The van der Waals surface area contributed by atoms with Crippen LogP contribution in [-0.2, 0) is 23.1 Å². The number of esters is 1. The molecule has 1 saturated carbocycles. The zero-order chi connectivity index (χ0) is 14.8. The van der Waals surface area contributed by atoms with E-state index < -0.39 is 18.7 Å². The molecule has 0 aromatic heterocycles. The van der Waals surface area contributed by atoms with Gasteiger partial charge in [0.2, 0.25) is 0 Å². The average molecular weight is 304 g/mol. The lowest BCUT2D eigenvalue weighted by atomic mass is 9.87. The Balaban J connectivity index is 2.38. The van der Waals surface area contributed by atoms with Crippen LogP contribution in [0.3, 0.4) is 0 Å². The van der Waals surface area contributed by atoms with Gasteiger partial charge in [0, 0.05) is 5.92 Å². The van der Waals surface area contributed by atoms with Crippen molar-refractivity contribution in [2.45, 2.75) is 64.1 Å². The van der Waals surface area contributed by atoms with Gasteiger partial charge in [0.05, 0.1) is 13.2 Å². The molecule has 0 amide bonds. The predicted molar refractivity (Wildman–Crippen MR) is 75.7 cm³/mol. The highest BCUT2D eigenvalue weighted by atomic mass is 31.2. The van der Waals surface area contributed by atoms with Crippen LogP contribution in [0.4, 0.5) is 0 Å². The average Bonchev–Trinajstić information content (AvgIpc) is 2.58. The molecule has 0 radical (unpaired) electrons. The zero-order valence-electron chi connectivity index (χ0n) is 12.6. The summed E-state index contributed by atoms with van der Waals surface area (Å²) in [5, 5.41) is -1.16. The molecule has 0 bridgehead atoms. The Hall–Kier alpha value is -0.380. The summed E-state index contributed by atoms with van der Waals surface area (Å²) in [6.07, 6.45) is 4.78. The third-order valence-electron chi connectivity index (χ3n) is 4.51. The van der Waals surface area contributed by atoms with Crippen LogP contribution in [0.25, 0.3) is 0 Å². The van der Waals surface area contributed by atoms with Crippen molar-refractivity contribution in [2.24, 2.45) is 5.92 Å². The van der Waals surface area contributed by atoms with Crippen molar-refractivity contribution < 1.29 is 23.1 Å². The van der Waals surface area contributed by atoms with Gasteiger partial charge in [0.1, 0.15) is 6.10 Å². The molecule has 1 heterocycles. The molecule has 0 N–H and O–H groups in total. The fourth-order valence-corrected chi connectivity index (χ4v) is 5.69. The lowest BCUT2D eigenvalue weighted by Crippen LogP contribution is -2.40. The summed E-state index contributed by atoms with van der Waals surface area (Å²) in [5.41, 5.74) is 0. The van der Waals surface area contributed by atoms with Crippen LogP contribution in [0.2, 0.25) is 0 Å². The van der Waals surface area contributed by atoms with E-state index in [9.17, 15) is 9.36 Å². The fraction of sp³-hybridized carbons (Fsp3) is 0.929. The molecule has 1 aliphatic carbocycles. The minimum absolute atomic E-state index is 0.0681. The Morgan fingerprint density at radius 2 is 1.80 bits per heavy atom. The molecule has 1 saturated heterocycles. The molecule has 20 heavy (non-hydrogen) atoms. The van der Waals surface area contributed by atoms with Crippen molar-refractivity contribution in [2.75, 3.05) is 13.2 Å². The van der Waals surface area contributed by atoms with Crippen LogP contribution in [-0.4, -0.2) is 30.4 Å². The van der Waals surface area contributed by atoms with E-state index in [0.717, 1.165) is 32.1 Å². The number of hydrogen-bond donors (Lipinski definition) is 0. The number of ether oxygens (including phenoxy) is 1. The quantitative estimate of drug-likeness (QED) is 0.574. The second kappa shape index (κ2) is 6.17. The van der Waals surface area contributed by atoms with Crippen LogP contribution < -0.4 is 0 Å². The molecule has 0 spiro atoms. The molecule has 6 heteroatoms. The first-order valence-corrected chi connectivity index (χ1v) is 9.14. The summed E-state index contributed by atoms with van der Waals surface area (Å²) in [6.45, 7) is 5.76. The molecular formula is C14H25O5P. The van der Waals surface area contributed by atoms with E-state index in [0.29, 0.717) is 0 Å². The first kappa shape index (κ1) is 16.0. The molecule has 0 unspecified atom stereocenters. The highest BCUT2D eigenvalue weighted by molar-refractivity contribution is 7.56. The highest BCUT2D eigenvalue weighted by Crippen LogP contribution is 2.67. The molecule has 0 aromatic carbocycles. The fourth-order valence-electron chi connectivity index (χ4n) is 3.43. The maximum Gasteiger partial charge on any atom is 0.348 e. The minimum Gasteiger partial charge on any atom is -0.461 e. The van der Waals surface area contributed by atoms with E-state index in [1.54, 1.807) is 20.8 Å². The number of carbonyl (C=O) groups excluding carboxylic acids is 1. The Kier molecular flexibility index (Phi) is 4.93. The molecule has 2 aliphatic rings. The van der Waals surface area contributed by atoms with Crippen molar-refractivity contribution in [3.63, 3.8) is 0 Å². The highest BCUT2D eigenvalue weighted by Gasteiger charge is 2.65. The largest absolute Gasteiger partial charge is 0.461 e. The van der Waals surface area contributed by atoms with Gasteiger partial charge < -0.3 is 13.8 Å². The van der Waals surface area contributed by atoms with E-state index >= 15 is 0 Å². The van der Waals surface area contributed by atoms with Gasteiger partial charge in [0.25, 0.3) is 0 Å². The lowest BCUT2D eigenvalue weighted by molar-refractivity contribution is -0.143. The Labute approximate surface area is 120 Å². The summed E-state index contributed by atoms with van der Waals surface area (Å²) in [5.74, 6) is -0.485. The lowest BCUT2D eigenvalue weighted by Gasteiger charge is -2.34. The van der Waals surface area contributed by atoms with Crippen molar-refractivity contribution >= 4 is 13.6 Å². The van der Waals surface area contributed by atoms with E-state index in [1.165, 1.54) is 0 Å². The summed E-state index contributed by atoms with van der Waals surface area (Å²) in [7, 11) is -3.52.